The number of fused-ring (bicyclic) bond motifs is 1. The molecule has 0 unspecified atom stereocenters. The van der Waals surface area contributed by atoms with Crippen molar-refractivity contribution >= 4 is 44.7 Å². The summed E-state index contributed by atoms with van der Waals surface area (Å²) in [6.07, 6.45) is 0. The number of hydrogen-bond acceptors (Lipinski definition) is 1. The Kier molecular flexibility index (Phi) is 4.22. The number of para-hydroxylation sites is 1. The van der Waals surface area contributed by atoms with Gasteiger partial charge in [0.25, 0.3) is 0 Å². The van der Waals surface area contributed by atoms with E-state index in [0.29, 0.717) is 0 Å². The summed E-state index contributed by atoms with van der Waals surface area (Å²) in [4.78, 5) is 0. The fraction of sp³-hybridized carbons (Fsp3) is 0. The smallest absolute Gasteiger partial charge is 0.0464 e. The summed E-state index contributed by atoms with van der Waals surface area (Å²) in [5, 5.41) is 6.10. The molecule has 2 heteroatoms. The molecule has 0 aliphatic heterocycles. The van der Waals surface area contributed by atoms with Crippen LogP contribution in [-0.4, -0.2) is 0 Å². The highest BCUT2D eigenvalue weighted by Gasteiger charge is 2.09. The standard InChI is InChI=1S/C22H16IN/c23-17-13-14-22(24-18-9-2-1-3-10-18)21(15-17)20-12-6-8-16-7-4-5-11-19(16)20/h1-15,24H. The molecule has 0 aliphatic carbocycles. The molecule has 0 saturated heterocycles. The van der Waals surface area contributed by atoms with Gasteiger partial charge in [-0.1, -0.05) is 60.7 Å². The third-order valence-electron chi connectivity index (χ3n) is 4.11. The van der Waals surface area contributed by atoms with Gasteiger partial charge in [-0.15, -0.1) is 0 Å². The van der Waals surface area contributed by atoms with Gasteiger partial charge in [-0.25, -0.2) is 0 Å². The largest absolute Gasteiger partial charge is 0.355 e. The van der Waals surface area contributed by atoms with Crippen LogP contribution in [0.25, 0.3) is 21.9 Å². The van der Waals surface area contributed by atoms with Crippen molar-refractivity contribution < 1.29 is 0 Å². The molecule has 4 rings (SSSR count). The van der Waals surface area contributed by atoms with Crippen LogP contribution < -0.4 is 5.32 Å². The Labute approximate surface area is 155 Å². The van der Waals surface area contributed by atoms with Crippen molar-refractivity contribution in [3.05, 3.63) is 94.6 Å². The Hall–Kier alpha value is -2.33. The summed E-state index contributed by atoms with van der Waals surface area (Å²) < 4.78 is 1.23. The first kappa shape index (κ1) is 15.2. The first-order valence-corrected chi connectivity index (χ1v) is 8.99. The number of anilines is 2. The van der Waals surface area contributed by atoms with Crippen LogP contribution in [0.15, 0.2) is 91.0 Å². The first-order chi connectivity index (χ1) is 11.8. The third kappa shape index (κ3) is 3.02. The quantitative estimate of drug-likeness (QED) is 0.357. The average Bonchev–Trinajstić information content (AvgIpc) is 2.64. The van der Waals surface area contributed by atoms with Gasteiger partial charge in [0.2, 0.25) is 0 Å². The van der Waals surface area contributed by atoms with E-state index in [1.165, 1.54) is 25.5 Å². The SMILES string of the molecule is Ic1ccc(Nc2ccccc2)c(-c2cccc3ccccc23)c1. The van der Waals surface area contributed by atoms with Gasteiger partial charge in [0.15, 0.2) is 0 Å². The van der Waals surface area contributed by atoms with E-state index in [1.54, 1.807) is 0 Å². The zero-order chi connectivity index (χ0) is 16.4. The lowest BCUT2D eigenvalue weighted by molar-refractivity contribution is 1.53. The highest BCUT2D eigenvalue weighted by atomic mass is 127. The zero-order valence-electron chi connectivity index (χ0n) is 13.0. The molecule has 0 aliphatic rings. The van der Waals surface area contributed by atoms with Crippen molar-refractivity contribution in [1.29, 1.82) is 0 Å². The highest BCUT2D eigenvalue weighted by Crippen LogP contribution is 2.36. The molecule has 1 N–H and O–H groups in total. The monoisotopic (exact) mass is 421 g/mol. The minimum Gasteiger partial charge on any atom is -0.355 e. The van der Waals surface area contributed by atoms with E-state index in [4.69, 9.17) is 0 Å². The minimum absolute atomic E-state index is 1.10. The van der Waals surface area contributed by atoms with Gasteiger partial charge in [-0.05, 0) is 69.3 Å². The van der Waals surface area contributed by atoms with E-state index in [-0.39, 0.29) is 0 Å². The second kappa shape index (κ2) is 6.65. The van der Waals surface area contributed by atoms with E-state index < -0.39 is 0 Å². The normalized spacial score (nSPS) is 10.7. The summed E-state index contributed by atoms with van der Waals surface area (Å²) in [5.41, 5.74) is 4.70. The molecule has 0 spiro atoms. The number of rotatable bonds is 3. The number of benzene rings is 4. The van der Waals surface area contributed by atoms with Gasteiger partial charge in [-0.3, -0.25) is 0 Å². The number of halogens is 1. The van der Waals surface area contributed by atoms with Crippen molar-refractivity contribution in [3.8, 4) is 11.1 Å². The van der Waals surface area contributed by atoms with E-state index in [1.807, 2.05) is 18.2 Å². The lowest BCUT2D eigenvalue weighted by Crippen LogP contribution is -1.94. The Balaban J connectivity index is 1.89. The second-order valence-corrected chi connectivity index (χ2v) is 6.95. The van der Waals surface area contributed by atoms with Crippen LogP contribution in [0.2, 0.25) is 0 Å². The van der Waals surface area contributed by atoms with Crippen LogP contribution in [-0.2, 0) is 0 Å². The van der Waals surface area contributed by atoms with Crippen LogP contribution in [0.1, 0.15) is 0 Å². The second-order valence-electron chi connectivity index (χ2n) is 5.71. The summed E-state index contributed by atoms with van der Waals surface area (Å²) in [6, 6.07) is 31.9. The molecule has 0 aromatic heterocycles. The van der Waals surface area contributed by atoms with Gasteiger partial charge in [0.1, 0.15) is 0 Å². The van der Waals surface area contributed by atoms with Gasteiger partial charge >= 0.3 is 0 Å². The molecule has 1 nitrogen and oxygen atoms in total. The molecular formula is C22H16IN. The molecule has 4 aromatic carbocycles. The molecular weight excluding hydrogens is 405 g/mol. The van der Waals surface area contributed by atoms with Crippen molar-refractivity contribution in [2.45, 2.75) is 0 Å². The van der Waals surface area contributed by atoms with E-state index in [0.717, 1.165) is 11.4 Å². The molecule has 116 valence electrons. The molecule has 0 radical (unpaired) electrons. The molecule has 0 atom stereocenters. The van der Waals surface area contributed by atoms with Crippen LogP contribution in [0, 0.1) is 3.57 Å². The van der Waals surface area contributed by atoms with Crippen LogP contribution in [0.3, 0.4) is 0 Å². The summed E-state index contributed by atoms with van der Waals surface area (Å²) in [6.45, 7) is 0. The molecule has 24 heavy (non-hydrogen) atoms. The average molecular weight is 421 g/mol. The maximum absolute atomic E-state index is 3.56. The maximum Gasteiger partial charge on any atom is 0.0464 e. The van der Waals surface area contributed by atoms with Crippen molar-refractivity contribution in [1.82, 2.24) is 0 Å². The topological polar surface area (TPSA) is 12.0 Å². The molecule has 0 heterocycles. The minimum atomic E-state index is 1.10. The molecule has 0 saturated carbocycles. The Morgan fingerprint density at radius 2 is 1.38 bits per heavy atom. The van der Waals surface area contributed by atoms with Crippen LogP contribution >= 0.6 is 22.6 Å². The van der Waals surface area contributed by atoms with Gasteiger partial charge in [-0.2, -0.15) is 0 Å². The predicted octanol–water partition coefficient (Wildman–Crippen LogP) is 6.86. The van der Waals surface area contributed by atoms with Gasteiger partial charge in [0.05, 0.1) is 0 Å². The maximum atomic E-state index is 3.56. The highest BCUT2D eigenvalue weighted by molar-refractivity contribution is 14.1. The summed E-state index contributed by atoms with van der Waals surface area (Å²) >= 11 is 2.38. The number of hydrogen-bond donors (Lipinski definition) is 1. The van der Waals surface area contributed by atoms with E-state index in [2.05, 4.69) is 101 Å². The number of nitrogens with one attached hydrogen (secondary N) is 1. The lowest BCUT2D eigenvalue weighted by Gasteiger charge is -2.15. The Morgan fingerprint density at radius 1 is 0.625 bits per heavy atom. The fourth-order valence-corrected chi connectivity index (χ4v) is 3.48. The molecule has 0 bridgehead atoms. The first-order valence-electron chi connectivity index (χ1n) is 7.91. The molecule has 0 fully saturated rings. The van der Waals surface area contributed by atoms with Crippen molar-refractivity contribution in [2.75, 3.05) is 5.32 Å². The Morgan fingerprint density at radius 3 is 2.25 bits per heavy atom. The lowest BCUT2D eigenvalue weighted by atomic mass is 9.97. The van der Waals surface area contributed by atoms with E-state index in [9.17, 15) is 0 Å². The summed E-state index contributed by atoms with van der Waals surface area (Å²) in [5.74, 6) is 0. The Bertz CT molecular complexity index is 988. The van der Waals surface area contributed by atoms with E-state index >= 15 is 0 Å². The van der Waals surface area contributed by atoms with Crippen LogP contribution in [0.5, 0.6) is 0 Å². The van der Waals surface area contributed by atoms with Crippen LogP contribution in [0.4, 0.5) is 11.4 Å². The van der Waals surface area contributed by atoms with Gasteiger partial charge < -0.3 is 5.32 Å². The zero-order valence-corrected chi connectivity index (χ0v) is 15.2. The van der Waals surface area contributed by atoms with Gasteiger partial charge in [0, 0.05) is 20.5 Å². The van der Waals surface area contributed by atoms with Crippen molar-refractivity contribution in [3.63, 3.8) is 0 Å². The molecule has 4 aromatic rings. The summed E-state index contributed by atoms with van der Waals surface area (Å²) in [7, 11) is 0. The third-order valence-corrected chi connectivity index (χ3v) is 4.79. The predicted molar refractivity (Wildman–Crippen MR) is 112 cm³/mol. The molecule has 0 amide bonds. The fourth-order valence-electron chi connectivity index (χ4n) is 2.99. The van der Waals surface area contributed by atoms with Crippen molar-refractivity contribution in [2.24, 2.45) is 0 Å².